The Morgan fingerprint density at radius 3 is 1.74 bits per heavy atom. The van der Waals surface area contributed by atoms with Crippen LogP contribution in [0.1, 0.15) is 53.9 Å². The van der Waals surface area contributed by atoms with E-state index >= 15 is 0 Å². The number of rotatable bonds is 4. The Kier molecular flexibility index (Phi) is 6.82. The Hall–Kier alpha value is -5.51. The van der Waals surface area contributed by atoms with Crippen LogP contribution in [0.25, 0.3) is 38.4 Å². The van der Waals surface area contributed by atoms with Gasteiger partial charge in [-0.1, -0.05) is 106 Å². The van der Waals surface area contributed by atoms with Gasteiger partial charge in [0.15, 0.2) is 5.78 Å². The van der Waals surface area contributed by atoms with Crippen molar-refractivity contribution in [1.82, 2.24) is 0 Å². The monoisotopic (exact) mass is 609 g/mol. The lowest BCUT2D eigenvalue weighted by atomic mass is 9.87. The van der Waals surface area contributed by atoms with Gasteiger partial charge in [0.05, 0.1) is 0 Å². The largest absolute Gasteiger partial charge is 0.383 e. The molecular formula is C44H35NO2. The fourth-order valence-corrected chi connectivity index (χ4v) is 6.81. The zero-order chi connectivity index (χ0) is 32.3. The Labute approximate surface area is 275 Å². The maximum Gasteiger partial charge on any atom is 0.192 e. The van der Waals surface area contributed by atoms with Crippen LogP contribution in [0.2, 0.25) is 0 Å². The predicted octanol–water partition coefficient (Wildman–Crippen LogP) is 11.2. The molecule has 47 heavy (non-hydrogen) atoms. The van der Waals surface area contributed by atoms with E-state index in [2.05, 4.69) is 123 Å². The van der Waals surface area contributed by atoms with Crippen LogP contribution in [-0.2, 0) is 5.41 Å². The molecule has 0 aliphatic heterocycles. The molecule has 0 saturated heterocycles. The first-order valence-corrected chi connectivity index (χ1v) is 16.1. The van der Waals surface area contributed by atoms with Gasteiger partial charge in [0, 0.05) is 28.2 Å². The van der Waals surface area contributed by atoms with Crippen molar-refractivity contribution >= 4 is 61.2 Å². The fraction of sp³-hybridized carbons (Fsp3) is 0.114. The molecule has 3 nitrogen and oxygen atoms in total. The minimum absolute atomic E-state index is 0.0678. The van der Waals surface area contributed by atoms with E-state index in [1.165, 1.54) is 16.3 Å². The molecule has 1 unspecified atom stereocenters. The maximum atomic E-state index is 13.4. The van der Waals surface area contributed by atoms with E-state index in [0.717, 1.165) is 44.2 Å². The van der Waals surface area contributed by atoms with Gasteiger partial charge in [-0.15, -0.1) is 0 Å². The van der Waals surface area contributed by atoms with Crippen molar-refractivity contribution in [3.8, 4) is 0 Å². The standard InChI is InChI=1S/C44H35NO2/c1-44(2,3)35-16-20-36(21-17-35)45(37-18-14-29-8-4-5-9-30(29)24-37)38-19-15-33-22-28(12-13-34(33)25-38)23-41-42(46)39-26-31-10-6-7-11-32(31)27-40(39)43(41)47/h4-27,42,46H,1-3H3/b41-23+. The Morgan fingerprint density at radius 2 is 1.09 bits per heavy atom. The van der Waals surface area contributed by atoms with Crippen LogP contribution in [0.5, 0.6) is 0 Å². The first-order chi connectivity index (χ1) is 22.7. The first kappa shape index (κ1) is 28.9. The third kappa shape index (κ3) is 5.19. The van der Waals surface area contributed by atoms with Crippen molar-refractivity contribution in [3.63, 3.8) is 0 Å². The summed E-state index contributed by atoms with van der Waals surface area (Å²) in [6, 6.07) is 48.4. The second-order valence-corrected chi connectivity index (χ2v) is 13.6. The van der Waals surface area contributed by atoms with Gasteiger partial charge in [-0.3, -0.25) is 4.79 Å². The summed E-state index contributed by atoms with van der Waals surface area (Å²) in [6.07, 6.45) is 0.892. The lowest BCUT2D eigenvalue weighted by Gasteiger charge is -2.27. The summed E-state index contributed by atoms with van der Waals surface area (Å²) >= 11 is 0. The Morgan fingerprint density at radius 1 is 0.574 bits per heavy atom. The van der Waals surface area contributed by atoms with Crippen molar-refractivity contribution in [2.45, 2.75) is 32.3 Å². The molecule has 3 heteroatoms. The highest BCUT2D eigenvalue weighted by Crippen LogP contribution is 2.41. The van der Waals surface area contributed by atoms with Gasteiger partial charge >= 0.3 is 0 Å². The third-order valence-corrected chi connectivity index (χ3v) is 9.42. The number of fused-ring (bicyclic) bond motifs is 4. The number of nitrogens with zero attached hydrogens (tertiary/aromatic N) is 1. The zero-order valence-corrected chi connectivity index (χ0v) is 26.7. The van der Waals surface area contributed by atoms with E-state index in [4.69, 9.17) is 0 Å². The van der Waals surface area contributed by atoms with Crippen molar-refractivity contribution < 1.29 is 9.90 Å². The van der Waals surface area contributed by atoms with Crippen LogP contribution >= 0.6 is 0 Å². The second kappa shape index (κ2) is 11.1. The topological polar surface area (TPSA) is 40.5 Å². The molecule has 0 radical (unpaired) electrons. The van der Waals surface area contributed by atoms with Gasteiger partial charge in [0.1, 0.15) is 6.10 Å². The smallest absolute Gasteiger partial charge is 0.192 e. The molecular weight excluding hydrogens is 574 g/mol. The number of carbonyl (C=O) groups is 1. The van der Waals surface area contributed by atoms with Crippen LogP contribution in [0, 0.1) is 0 Å². The second-order valence-electron chi connectivity index (χ2n) is 13.6. The van der Waals surface area contributed by atoms with Gasteiger partial charge in [0.25, 0.3) is 0 Å². The quantitative estimate of drug-likeness (QED) is 0.202. The summed E-state index contributed by atoms with van der Waals surface area (Å²) in [7, 11) is 0. The molecule has 1 N–H and O–H groups in total. The van der Waals surface area contributed by atoms with E-state index in [1.807, 2.05) is 48.5 Å². The van der Waals surface area contributed by atoms with Crippen molar-refractivity contribution in [2.24, 2.45) is 0 Å². The minimum atomic E-state index is -0.944. The molecule has 0 heterocycles. The van der Waals surface area contributed by atoms with Gasteiger partial charge < -0.3 is 10.0 Å². The van der Waals surface area contributed by atoms with E-state index in [1.54, 1.807) is 0 Å². The van der Waals surface area contributed by atoms with E-state index in [0.29, 0.717) is 16.7 Å². The first-order valence-electron chi connectivity index (χ1n) is 16.1. The van der Waals surface area contributed by atoms with Crippen LogP contribution in [0.4, 0.5) is 17.1 Å². The molecule has 0 bridgehead atoms. The molecule has 8 rings (SSSR count). The Bertz CT molecular complexity index is 2380. The average molecular weight is 610 g/mol. The molecule has 0 amide bonds. The highest BCUT2D eigenvalue weighted by Gasteiger charge is 2.33. The normalized spacial score (nSPS) is 15.5. The predicted molar refractivity (Wildman–Crippen MR) is 196 cm³/mol. The third-order valence-electron chi connectivity index (χ3n) is 9.42. The molecule has 1 aliphatic rings. The molecule has 1 atom stereocenters. The van der Waals surface area contributed by atoms with Crippen LogP contribution in [-0.4, -0.2) is 10.9 Å². The zero-order valence-electron chi connectivity index (χ0n) is 26.7. The van der Waals surface area contributed by atoms with E-state index < -0.39 is 6.10 Å². The number of ketones is 1. The maximum absolute atomic E-state index is 13.4. The molecule has 1 aliphatic carbocycles. The summed E-state index contributed by atoms with van der Waals surface area (Å²) in [6.45, 7) is 6.71. The number of benzene rings is 7. The molecule has 228 valence electrons. The molecule has 0 saturated carbocycles. The lowest BCUT2D eigenvalue weighted by molar-refractivity contribution is 0.102. The van der Waals surface area contributed by atoms with Gasteiger partial charge in [0.2, 0.25) is 0 Å². The van der Waals surface area contributed by atoms with E-state index in [-0.39, 0.29) is 11.2 Å². The molecule has 0 aromatic heterocycles. The number of hydrogen-bond donors (Lipinski definition) is 1. The number of aliphatic hydroxyl groups is 1. The lowest BCUT2D eigenvalue weighted by Crippen LogP contribution is -2.13. The van der Waals surface area contributed by atoms with Crippen molar-refractivity contribution in [3.05, 3.63) is 167 Å². The number of aliphatic hydroxyl groups excluding tert-OH is 1. The molecule has 7 aromatic rings. The van der Waals surface area contributed by atoms with Crippen molar-refractivity contribution in [1.29, 1.82) is 0 Å². The highest BCUT2D eigenvalue weighted by atomic mass is 16.3. The molecule has 7 aromatic carbocycles. The highest BCUT2D eigenvalue weighted by molar-refractivity contribution is 6.18. The van der Waals surface area contributed by atoms with Crippen LogP contribution < -0.4 is 4.90 Å². The minimum Gasteiger partial charge on any atom is -0.383 e. The average Bonchev–Trinajstić information content (AvgIpc) is 3.31. The summed E-state index contributed by atoms with van der Waals surface area (Å²) in [5, 5.41) is 17.8. The summed E-state index contributed by atoms with van der Waals surface area (Å²) in [4.78, 5) is 15.7. The molecule has 0 fully saturated rings. The number of hydrogen-bond acceptors (Lipinski definition) is 3. The van der Waals surface area contributed by atoms with E-state index in [9.17, 15) is 9.90 Å². The fourth-order valence-electron chi connectivity index (χ4n) is 6.81. The van der Waals surface area contributed by atoms with Crippen molar-refractivity contribution in [2.75, 3.05) is 4.90 Å². The number of Topliss-reactive ketones (excluding diaryl/α,β-unsaturated/α-hetero) is 1. The van der Waals surface area contributed by atoms with Gasteiger partial charge in [-0.2, -0.15) is 0 Å². The number of anilines is 3. The summed E-state index contributed by atoms with van der Waals surface area (Å²) in [5.74, 6) is -0.114. The van der Waals surface area contributed by atoms with Crippen LogP contribution in [0.3, 0.4) is 0 Å². The van der Waals surface area contributed by atoms with Crippen LogP contribution in [0.15, 0.2) is 145 Å². The SMILES string of the molecule is CC(C)(C)c1ccc(N(c2ccc3ccccc3c2)c2ccc3cc(/C=C4/C(=O)c5cc6ccccc6cc5C4O)ccc3c2)cc1. The summed E-state index contributed by atoms with van der Waals surface area (Å²) < 4.78 is 0. The Balaban J connectivity index is 1.17. The number of carbonyl (C=O) groups excluding carboxylic acids is 1. The summed E-state index contributed by atoms with van der Waals surface area (Å²) in [5.41, 5.74) is 7.16. The molecule has 0 spiro atoms. The van der Waals surface area contributed by atoms with Gasteiger partial charge in [-0.05, 0) is 115 Å². The van der Waals surface area contributed by atoms with Gasteiger partial charge in [-0.25, -0.2) is 0 Å².